The molecule has 0 atom stereocenters. The molecule has 0 radical (unpaired) electrons. The van der Waals surface area contributed by atoms with E-state index in [0.29, 0.717) is 25.1 Å². The molecule has 2 amide bonds. The lowest BCUT2D eigenvalue weighted by atomic mass is 10.0. The number of amides is 2. The molecule has 0 aliphatic carbocycles. The Morgan fingerprint density at radius 3 is 2.70 bits per heavy atom. The molecule has 0 unspecified atom stereocenters. The standard InChI is InChI=1S/C14H20N2O3S/c1-16(14(19)15-8-10-20-2)9-7-11-5-3-4-6-12(11)13(17)18/h3-6H,7-10H2,1-2H3,(H,15,19)(H,17,18). The maximum Gasteiger partial charge on any atom is 0.335 e. The van der Waals surface area contributed by atoms with Crippen LogP contribution in [0.4, 0.5) is 4.79 Å². The SMILES string of the molecule is CSCCNC(=O)N(C)CCc1ccccc1C(=O)O. The minimum absolute atomic E-state index is 0.133. The first-order valence-corrected chi connectivity index (χ1v) is 7.74. The molecule has 0 bridgehead atoms. The lowest BCUT2D eigenvalue weighted by molar-refractivity contribution is 0.0695. The number of carbonyl (C=O) groups is 2. The van der Waals surface area contributed by atoms with Crippen molar-refractivity contribution >= 4 is 23.8 Å². The zero-order valence-corrected chi connectivity index (χ0v) is 12.6. The molecule has 0 fully saturated rings. The highest BCUT2D eigenvalue weighted by Crippen LogP contribution is 2.10. The van der Waals surface area contributed by atoms with Crippen molar-refractivity contribution in [3.8, 4) is 0 Å². The summed E-state index contributed by atoms with van der Waals surface area (Å²) in [6.07, 6.45) is 2.51. The van der Waals surface area contributed by atoms with Gasteiger partial charge in [-0.25, -0.2) is 9.59 Å². The fourth-order valence-corrected chi connectivity index (χ4v) is 2.04. The van der Waals surface area contributed by atoms with E-state index in [0.717, 1.165) is 11.3 Å². The van der Waals surface area contributed by atoms with E-state index in [4.69, 9.17) is 5.11 Å². The number of carbonyl (C=O) groups excluding carboxylic acids is 1. The van der Waals surface area contributed by atoms with Crippen molar-refractivity contribution in [1.82, 2.24) is 10.2 Å². The Hall–Kier alpha value is -1.69. The number of nitrogens with one attached hydrogen (secondary N) is 1. The maximum absolute atomic E-state index is 11.7. The molecule has 5 nitrogen and oxygen atoms in total. The molecule has 0 spiro atoms. The van der Waals surface area contributed by atoms with Gasteiger partial charge < -0.3 is 15.3 Å². The Morgan fingerprint density at radius 1 is 1.35 bits per heavy atom. The molecule has 0 aliphatic rings. The fraction of sp³-hybridized carbons (Fsp3) is 0.429. The number of nitrogens with zero attached hydrogens (tertiary/aromatic N) is 1. The normalized spacial score (nSPS) is 10.1. The zero-order valence-electron chi connectivity index (χ0n) is 11.8. The topological polar surface area (TPSA) is 69.6 Å². The number of benzene rings is 1. The summed E-state index contributed by atoms with van der Waals surface area (Å²) in [6.45, 7) is 1.12. The number of aromatic carboxylic acids is 1. The highest BCUT2D eigenvalue weighted by Gasteiger charge is 2.11. The lowest BCUT2D eigenvalue weighted by Crippen LogP contribution is -2.39. The second kappa shape index (κ2) is 8.47. The van der Waals surface area contributed by atoms with E-state index in [9.17, 15) is 9.59 Å². The van der Waals surface area contributed by atoms with Gasteiger partial charge in [-0.2, -0.15) is 11.8 Å². The summed E-state index contributed by atoms with van der Waals surface area (Å²) in [5, 5.41) is 11.9. The second-order valence-electron chi connectivity index (χ2n) is 4.36. The molecule has 6 heteroatoms. The van der Waals surface area contributed by atoms with Crippen LogP contribution in [0, 0.1) is 0 Å². The first-order valence-electron chi connectivity index (χ1n) is 6.35. The summed E-state index contributed by atoms with van der Waals surface area (Å²) in [6, 6.07) is 6.73. The molecule has 110 valence electrons. The van der Waals surface area contributed by atoms with E-state index < -0.39 is 5.97 Å². The summed E-state index contributed by atoms with van der Waals surface area (Å²) in [7, 11) is 1.71. The summed E-state index contributed by atoms with van der Waals surface area (Å²) in [5.41, 5.74) is 1.03. The average molecular weight is 296 g/mol. The van der Waals surface area contributed by atoms with Crippen LogP contribution in [-0.4, -0.2) is 54.2 Å². The quantitative estimate of drug-likeness (QED) is 0.754. The maximum atomic E-state index is 11.7. The number of carboxylic acids is 1. The molecule has 1 rings (SSSR count). The van der Waals surface area contributed by atoms with Gasteiger partial charge in [0.2, 0.25) is 0 Å². The number of carboxylic acid groups (broad SMARTS) is 1. The first kappa shape index (κ1) is 16.4. The Kier molecular flexibility index (Phi) is 6.93. The van der Waals surface area contributed by atoms with Gasteiger partial charge in [0.05, 0.1) is 5.56 Å². The molecule has 0 saturated heterocycles. The molecule has 2 N–H and O–H groups in total. The van der Waals surface area contributed by atoms with Crippen LogP contribution in [0.5, 0.6) is 0 Å². The predicted molar refractivity (Wildman–Crippen MR) is 81.5 cm³/mol. The highest BCUT2D eigenvalue weighted by molar-refractivity contribution is 7.98. The van der Waals surface area contributed by atoms with Gasteiger partial charge in [-0.3, -0.25) is 0 Å². The van der Waals surface area contributed by atoms with Crippen LogP contribution < -0.4 is 5.32 Å². The van der Waals surface area contributed by atoms with Crippen molar-refractivity contribution in [2.75, 3.05) is 32.1 Å². The van der Waals surface area contributed by atoms with Crippen LogP contribution in [0.1, 0.15) is 15.9 Å². The van der Waals surface area contributed by atoms with E-state index in [-0.39, 0.29) is 6.03 Å². The Balaban J connectivity index is 2.50. The van der Waals surface area contributed by atoms with E-state index in [2.05, 4.69) is 5.32 Å². The van der Waals surface area contributed by atoms with Gasteiger partial charge >= 0.3 is 12.0 Å². The van der Waals surface area contributed by atoms with Gasteiger partial charge in [-0.05, 0) is 24.3 Å². The zero-order chi connectivity index (χ0) is 15.0. The van der Waals surface area contributed by atoms with Crippen LogP contribution in [0.2, 0.25) is 0 Å². The van der Waals surface area contributed by atoms with E-state index in [1.54, 1.807) is 48.0 Å². The number of urea groups is 1. The van der Waals surface area contributed by atoms with Gasteiger partial charge in [-0.15, -0.1) is 0 Å². The van der Waals surface area contributed by atoms with Crippen LogP contribution in [0.25, 0.3) is 0 Å². The number of hydrogen-bond donors (Lipinski definition) is 2. The number of hydrogen-bond acceptors (Lipinski definition) is 3. The minimum atomic E-state index is -0.937. The third-order valence-corrected chi connectivity index (χ3v) is 3.51. The van der Waals surface area contributed by atoms with E-state index >= 15 is 0 Å². The lowest BCUT2D eigenvalue weighted by Gasteiger charge is -2.18. The number of thioether (sulfide) groups is 1. The summed E-state index contributed by atoms with van der Waals surface area (Å²) in [4.78, 5) is 24.4. The van der Waals surface area contributed by atoms with Crippen LogP contribution >= 0.6 is 11.8 Å². The monoisotopic (exact) mass is 296 g/mol. The molecular formula is C14H20N2O3S. The smallest absolute Gasteiger partial charge is 0.335 e. The third-order valence-electron chi connectivity index (χ3n) is 2.89. The van der Waals surface area contributed by atoms with Gasteiger partial charge in [0.15, 0.2) is 0 Å². The molecule has 1 aromatic rings. The largest absolute Gasteiger partial charge is 0.478 e. The van der Waals surface area contributed by atoms with Gasteiger partial charge in [0.25, 0.3) is 0 Å². The molecule has 0 aliphatic heterocycles. The Morgan fingerprint density at radius 2 is 2.05 bits per heavy atom. The van der Waals surface area contributed by atoms with Crippen molar-refractivity contribution in [2.45, 2.75) is 6.42 Å². The van der Waals surface area contributed by atoms with Crippen LogP contribution in [-0.2, 0) is 6.42 Å². The van der Waals surface area contributed by atoms with Crippen molar-refractivity contribution in [3.63, 3.8) is 0 Å². The summed E-state index contributed by atoms with van der Waals surface area (Å²) < 4.78 is 0. The number of likely N-dealkylation sites (N-methyl/N-ethyl adjacent to an activating group) is 1. The summed E-state index contributed by atoms with van der Waals surface area (Å²) >= 11 is 1.67. The van der Waals surface area contributed by atoms with Crippen molar-refractivity contribution < 1.29 is 14.7 Å². The van der Waals surface area contributed by atoms with Crippen molar-refractivity contribution in [2.24, 2.45) is 0 Å². The highest BCUT2D eigenvalue weighted by atomic mass is 32.2. The van der Waals surface area contributed by atoms with Gasteiger partial charge in [0.1, 0.15) is 0 Å². The van der Waals surface area contributed by atoms with Crippen LogP contribution in [0.3, 0.4) is 0 Å². The molecule has 1 aromatic carbocycles. The van der Waals surface area contributed by atoms with E-state index in [1.165, 1.54) is 0 Å². The van der Waals surface area contributed by atoms with Crippen molar-refractivity contribution in [1.29, 1.82) is 0 Å². The second-order valence-corrected chi connectivity index (χ2v) is 5.34. The van der Waals surface area contributed by atoms with E-state index in [1.807, 2.05) is 6.26 Å². The molecule has 0 heterocycles. The average Bonchev–Trinajstić information content (AvgIpc) is 2.45. The molecule has 0 saturated carbocycles. The van der Waals surface area contributed by atoms with Gasteiger partial charge in [-0.1, -0.05) is 18.2 Å². The Labute approximate surface area is 123 Å². The number of rotatable bonds is 7. The first-order chi connectivity index (χ1) is 9.56. The van der Waals surface area contributed by atoms with Crippen molar-refractivity contribution in [3.05, 3.63) is 35.4 Å². The van der Waals surface area contributed by atoms with Gasteiger partial charge in [0, 0.05) is 25.9 Å². The fourth-order valence-electron chi connectivity index (χ4n) is 1.73. The minimum Gasteiger partial charge on any atom is -0.478 e. The molecule has 0 aromatic heterocycles. The third kappa shape index (κ3) is 5.13. The molecule has 20 heavy (non-hydrogen) atoms. The molecular weight excluding hydrogens is 276 g/mol. The predicted octanol–water partition coefficient (Wildman–Crippen LogP) is 1.93. The Bertz CT molecular complexity index is 465. The van der Waals surface area contributed by atoms with Crippen LogP contribution in [0.15, 0.2) is 24.3 Å². The summed E-state index contributed by atoms with van der Waals surface area (Å²) in [5.74, 6) is -0.0609.